The zero-order chi connectivity index (χ0) is 10.7. The van der Waals surface area contributed by atoms with Crippen LogP contribution in [0.15, 0.2) is 12.2 Å². The third-order valence-corrected chi connectivity index (χ3v) is 3.64. The van der Waals surface area contributed by atoms with Crippen molar-refractivity contribution in [2.75, 3.05) is 26.2 Å². The van der Waals surface area contributed by atoms with Gasteiger partial charge in [0.25, 0.3) is 0 Å². The highest BCUT2D eigenvalue weighted by Crippen LogP contribution is 2.41. The minimum absolute atomic E-state index is 0.195. The second kappa shape index (κ2) is 4.35. The summed E-state index contributed by atoms with van der Waals surface area (Å²) in [5.41, 5.74) is 0.293. The Morgan fingerprint density at radius 2 is 1.93 bits per heavy atom. The Morgan fingerprint density at radius 1 is 1.33 bits per heavy atom. The second-order valence-electron chi connectivity index (χ2n) is 4.54. The largest absolute Gasteiger partial charge is 0.463 e. The maximum absolute atomic E-state index is 11.2. The van der Waals surface area contributed by atoms with Crippen LogP contribution in [0.1, 0.15) is 26.2 Å². The molecule has 3 aliphatic heterocycles. The van der Waals surface area contributed by atoms with Crippen molar-refractivity contribution < 1.29 is 9.53 Å². The summed E-state index contributed by atoms with van der Waals surface area (Å²) in [6.45, 7) is 5.86. The number of hydrogen-bond acceptors (Lipinski definition) is 3. The van der Waals surface area contributed by atoms with Gasteiger partial charge in [-0.2, -0.15) is 0 Å². The number of hydrogen-bond donors (Lipinski definition) is 0. The topological polar surface area (TPSA) is 29.5 Å². The standard InChI is InChI=1S/C12H19NO2/c1-2-15-11(14)3-4-12-5-8-13(9-6-12)10-7-12/h3-4H,2,5-10H2,1H3/b4-3-. The molecule has 3 heterocycles. The van der Waals surface area contributed by atoms with Crippen LogP contribution in [0.2, 0.25) is 0 Å². The molecule has 15 heavy (non-hydrogen) atoms. The van der Waals surface area contributed by atoms with Crippen molar-refractivity contribution in [1.29, 1.82) is 0 Å². The van der Waals surface area contributed by atoms with E-state index in [4.69, 9.17) is 4.74 Å². The lowest BCUT2D eigenvalue weighted by molar-refractivity contribution is -0.137. The summed E-state index contributed by atoms with van der Waals surface area (Å²) < 4.78 is 4.90. The number of carbonyl (C=O) groups is 1. The van der Waals surface area contributed by atoms with Crippen LogP contribution in [0, 0.1) is 5.41 Å². The summed E-state index contributed by atoms with van der Waals surface area (Å²) >= 11 is 0. The summed E-state index contributed by atoms with van der Waals surface area (Å²) in [7, 11) is 0. The first-order valence-corrected chi connectivity index (χ1v) is 5.82. The predicted molar refractivity (Wildman–Crippen MR) is 58.5 cm³/mol. The summed E-state index contributed by atoms with van der Waals surface area (Å²) in [5, 5.41) is 0. The summed E-state index contributed by atoms with van der Waals surface area (Å²) in [5.74, 6) is -0.195. The van der Waals surface area contributed by atoms with Crippen LogP contribution >= 0.6 is 0 Å². The fourth-order valence-electron chi connectivity index (χ4n) is 2.54. The summed E-state index contributed by atoms with van der Waals surface area (Å²) in [4.78, 5) is 13.7. The van der Waals surface area contributed by atoms with Gasteiger partial charge in [0, 0.05) is 6.08 Å². The molecule has 0 aromatic heterocycles. The fourth-order valence-corrected chi connectivity index (χ4v) is 2.54. The Bertz CT molecular complexity index is 251. The van der Waals surface area contributed by atoms with Gasteiger partial charge in [0.15, 0.2) is 0 Å². The van der Waals surface area contributed by atoms with Gasteiger partial charge in [0.2, 0.25) is 0 Å². The van der Waals surface area contributed by atoms with E-state index in [1.54, 1.807) is 6.08 Å². The number of rotatable bonds is 3. The van der Waals surface area contributed by atoms with Gasteiger partial charge in [-0.25, -0.2) is 4.79 Å². The normalized spacial score (nSPS) is 34.6. The Morgan fingerprint density at radius 3 is 2.47 bits per heavy atom. The van der Waals surface area contributed by atoms with Crippen molar-refractivity contribution in [2.24, 2.45) is 5.41 Å². The van der Waals surface area contributed by atoms with E-state index in [2.05, 4.69) is 11.0 Å². The lowest BCUT2D eigenvalue weighted by atomic mass is 9.72. The van der Waals surface area contributed by atoms with Crippen LogP contribution in [-0.4, -0.2) is 37.1 Å². The number of allylic oxidation sites excluding steroid dienone is 1. The summed E-state index contributed by atoms with van der Waals surface area (Å²) in [6.07, 6.45) is 7.32. The van der Waals surface area contributed by atoms with Crippen molar-refractivity contribution in [3.63, 3.8) is 0 Å². The van der Waals surface area contributed by atoms with Crippen molar-refractivity contribution in [3.05, 3.63) is 12.2 Å². The van der Waals surface area contributed by atoms with Gasteiger partial charge in [0.05, 0.1) is 6.61 Å². The van der Waals surface area contributed by atoms with Crippen LogP contribution in [0.3, 0.4) is 0 Å². The molecule has 2 bridgehead atoms. The number of nitrogens with zero attached hydrogens (tertiary/aromatic N) is 1. The highest BCUT2D eigenvalue weighted by molar-refractivity contribution is 5.82. The smallest absolute Gasteiger partial charge is 0.330 e. The predicted octanol–water partition coefficient (Wildman–Crippen LogP) is 1.59. The van der Waals surface area contributed by atoms with Crippen LogP contribution in [0.4, 0.5) is 0 Å². The van der Waals surface area contributed by atoms with Crippen LogP contribution < -0.4 is 0 Å². The minimum atomic E-state index is -0.195. The van der Waals surface area contributed by atoms with Gasteiger partial charge >= 0.3 is 5.97 Å². The molecule has 3 saturated heterocycles. The molecule has 3 heteroatoms. The Kier molecular flexibility index (Phi) is 3.10. The van der Waals surface area contributed by atoms with E-state index in [0.29, 0.717) is 12.0 Å². The zero-order valence-electron chi connectivity index (χ0n) is 9.37. The molecule has 0 radical (unpaired) electrons. The molecule has 0 saturated carbocycles. The first-order chi connectivity index (χ1) is 7.24. The molecule has 0 N–H and O–H groups in total. The molecule has 0 aromatic rings. The Labute approximate surface area is 91.1 Å². The van der Waals surface area contributed by atoms with Crippen LogP contribution in [0.5, 0.6) is 0 Å². The molecule has 84 valence electrons. The molecule has 0 atom stereocenters. The highest BCUT2D eigenvalue weighted by atomic mass is 16.5. The average Bonchev–Trinajstić information content (AvgIpc) is 2.30. The Balaban J connectivity index is 1.94. The van der Waals surface area contributed by atoms with Crippen molar-refractivity contribution in [2.45, 2.75) is 26.2 Å². The Hall–Kier alpha value is -0.830. The zero-order valence-corrected chi connectivity index (χ0v) is 9.37. The third kappa shape index (κ3) is 2.40. The number of ether oxygens (including phenoxy) is 1. The van der Waals surface area contributed by atoms with E-state index in [9.17, 15) is 4.79 Å². The average molecular weight is 209 g/mol. The highest BCUT2D eigenvalue weighted by Gasteiger charge is 2.37. The molecule has 3 rings (SSSR count). The lowest BCUT2D eigenvalue weighted by Crippen LogP contribution is -2.47. The molecule has 0 aliphatic carbocycles. The summed E-state index contributed by atoms with van der Waals surface area (Å²) in [6, 6.07) is 0. The van der Waals surface area contributed by atoms with Crippen LogP contribution in [-0.2, 0) is 9.53 Å². The number of carbonyl (C=O) groups excluding carboxylic acids is 1. The van der Waals surface area contributed by atoms with E-state index in [-0.39, 0.29) is 5.97 Å². The lowest BCUT2D eigenvalue weighted by Gasteiger charge is -2.46. The first kappa shape index (κ1) is 10.7. The van der Waals surface area contributed by atoms with E-state index < -0.39 is 0 Å². The first-order valence-electron chi connectivity index (χ1n) is 5.82. The molecule has 3 nitrogen and oxygen atoms in total. The molecule has 0 aromatic carbocycles. The monoisotopic (exact) mass is 209 g/mol. The molecule has 3 fully saturated rings. The van der Waals surface area contributed by atoms with Gasteiger partial charge in [-0.15, -0.1) is 0 Å². The molecular formula is C12H19NO2. The molecule has 0 unspecified atom stereocenters. The van der Waals surface area contributed by atoms with Gasteiger partial charge in [-0.05, 0) is 51.2 Å². The number of esters is 1. The van der Waals surface area contributed by atoms with E-state index in [0.717, 1.165) is 0 Å². The van der Waals surface area contributed by atoms with Gasteiger partial charge in [-0.1, -0.05) is 6.08 Å². The van der Waals surface area contributed by atoms with Gasteiger partial charge < -0.3 is 9.64 Å². The SMILES string of the molecule is CCOC(=O)/C=C\C12CCN(CC1)CC2. The number of fused-ring (bicyclic) bond motifs is 3. The van der Waals surface area contributed by atoms with Crippen molar-refractivity contribution >= 4 is 5.97 Å². The molecular weight excluding hydrogens is 190 g/mol. The van der Waals surface area contributed by atoms with Crippen molar-refractivity contribution in [1.82, 2.24) is 4.90 Å². The second-order valence-corrected chi connectivity index (χ2v) is 4.54. The van der Waals surface area contributed by atoms with E-state index in [1.165, 1.54) is 38.9 Å². The van der Waals surface area contributed by atoms with Crippen LogP contribution in [0.25, 0.3) is 0 Å². The van der Waals surface area contributed by atoms with E-state index in [1.807, 2.05) is 6.92 Å². The van der Waals surface area contributed by atoms with E-state index >= 15 is 0 Å². The van der Waals surface area contributed by atoms with Gasteiger partial charge in [-0.3, -0.25) is 0 Å². The third-order valence-electron chi connectivity index (χ3n) is 3.64. The quantitative estimate of drug-likeness (QED) is 0.522. The fraction of sp³-hybridized carbons (Fsp3) is 0.750. The number of piperidine rings is 3. The maximum atomic E-state index is 11.2. The van der Waals surface area contributed by atoms with Crippen molar-refractivity contribution in [3.8, 4) is 0 Å². The molecule has 0 spiro atoms. The maximum Gasteiger partial charge on any atom is 0.330 e. The minimum Gasteiger partial charge on any atom is -0.463 e. The van der Waals surface area contributed by atoms with Gasteiger partial charge in [0.1, 0.15) is 0 Å². The molecule has 3 aliphatic rings. The molecule has 0 amide bonds.